The minimum Gasteiger partial charge on any atom is -0.368 e. The first kappa shape index (κ1) is 16.1. The number of hydrogen-bond acceptors (Lipinski definition) is 4. The largest absolute Gasteiger partial charge is 0.368 e. The van der Waals surface area contributed by atoms with Crippen LogP contribution < -0.4 is 10.6 Å². The molecule has 1 aromatic rings. The highest BCUT2D eigenvalue weighted by atomic mass is 35.5. The van der Waals surface area contributed by atoms with Crippen LogP contribution >= 0.6 is 36.4 Å². The van der Waals surface area contributed by atoms with Crippen molar-refractivity contribution in [3.05, 3.63) is 24.3 Å². The number of thiocarbonyl (C=S) groups is 1. The Balaban J connectivity index is 0.00000180. The Kier molecular flexibility index (Phi) is 6.41. The van der Waals surface area contributed by atoms with Crippen LogP contribution in [0.5, 0.6) is 0 Å². The van der Waals surface area contributed by atoms with Gasteiger partial charge in [0.25, 0.3) is 0 Å². The predicted octanol–water partition coefficient (Wildman–Crippen LogP) is 2.77. The number of thioether (sulfide) groups is 1. The number of halogens is 1. The van der Waals surface area contributed by atoms with Gasteiger partial charge in [0, 0.05) is 30.6 Å². The van der Waals surface area contributed by atoms with Crippen LogP contribution in [-0.2, 0) is 4.79 Å². The summed E-state index contributed by atoms with van der Waals surface area (Å²) in [6.07, 6.45) is 0. The molecule has 0 spiro atoms. The summed E-state index contributed by atoms with van der Waals surface area (Å²) in [6.45, 7) is 3.23. The average molecular weight is 318 g/mol. The fourth-order valence-corrected chi connectivity index (χ4v) is 2.86. The van der Waals surface area contributed by atoms with E-state index in [-0.39, 0.29) is 18.3 Å². The number of nitrogens with zero attached hydrogens (tertiary/aromatic N) is 1. The molecule has 19 heavy (non-hydrogen) atoms. The monoisotopic (exact) mass is 317 g/mol. The van der Waals surface area contributed by atoms with E-state index in [0.29, 0.717) is 0 Å². The normalized spacial score (nSPS) is 13.9. The van der Waals surface area contributed by atoms with E-state index in [1.165, 1.54) is 6.92 Å². The van der Waals surface area contributed by atoms with E-state index in [2.05, 4.69) is 15.5 Å². The van der Waals surface area contributed by atoms with Gasteiger partial charge in [0.2, 0.25) is 5.91 Å². The smallest absolute Gasteiger partial charge is 0.221 e. The fourth-order valence-electron chi connectivity index (χ4n) is 1.63. The van der Waals surface area contributed by atoms with Gasteiger partial charge in [-0.05, 0) is 24.3 Å². The molecule has 0 atom stereocenters. The third-order valence-electron chi connectivity index (χ3n) is 2.52. The highest BCUT2D eigenvalue weighted by molar-refractivity contribution is 8.23. The lowest BCUT2D eigenvalue weighted by molar-refractivity contribution is -0.114. The third kappa shape index (κ3) is 4.89. The fraction of sp³-hybridized carbons (Fsp3) is 0.333. The van der Waals surface area contributed by atoms with Crippen LogP contribution in [0.2, 0.25) is 0 Å². The van der Waals surface area contributed by atoms with Crippen molar-refractivity contribution in [1.29, 1.82) is 0 Å². The molecule has 2 N–H and O–H groups in total. The molecule has 0 radical (unpaired) electrons. The molecule has 1 aliphatic heterocycles. The second kappa shape index (κ2) is 7.57. The molecule has 0 saturated carbocycles. The molecule has 1 heterocycles. The lowest BCUT2D eigenvalue weighted by atomic mass is 10.3. The highest BCUT2D eigenvalue weighted by Crippen LogP contribution is 2.18. The van der Waals surface area contributed by atoms with E-state index in [0.717, 1.165) is 34.7 Å². The zero-order chi connectivity index (χ0) is 13.0. The zero-order valence-electron chi connectivity index (χ0n) is 10.5. The molecular formula is C12H16ClN3OS2. The number of carbonyl (C=O) groups is 1. The number of benzene rings is 1. The van der Waals surface area contributed by atoms with Crippen molar-refractivity contribution in [2.24, 2.45) is 0 Å². The van der Waals surface area contributed by atoms with Gasteiger partial charge in [0.1, 0.15) is 4.32 Å². The first-order valence-corrected chi connectivity index (χ1v) is 7.08. The van der Waals surface area contributed by atoms with Crippen LogP contribution in [0, 0.1) is 0 Å². The van der Waals surface area contributed by atoms with Crippen molar-refractivity contribution in [2.45, 2.75) is 6.92 Å². The van der Waals surface area contributed by atoms with E-state index < -0.39 is 0 Å². The number of carbonyl (C=O) groups excluding carboxylic acids is 1. The van der Waals surface area contributed by atoms with Gasteiger partial charge >= 0.3 is 0 Å². The van der Waals surface area contributed by atoms with E-state index in [4.69, 9.17) is 12.2 Å². The first-order valence-electron chi connectivity index (χ1n) is 5.68. The van der Waals surface area contributed by atoms with Crippen LogP contribution in [-0.4, -0.2) is 34.1 Å². The summed E-state index contributed by atoms with van der Waals surface area (Å²) in [6, 6.07) is 7.64. The Morgan fingerprint density at radius 2 is 2.00 bits per heavy atom. The van der Waals surface area contributed by atoms with Crippen LogP contribution in [0.15, 0.2) is 24.3 Å². The van der Waals surface area contributed by atoms with E-state index in [1.54, 1.807) is 11.8 Å². The second-order valence-electron chi connectivity index (χ2n) is 3.97. The molecule has 2 rings (SSSR count). The van der Waals surface area contributed by atoms with E-state index in [1.807, 2.05) is 24.3 Å². The molecule has 104 valence electrons. The molecule has 1 aromatic carbocycles. The van der Waals surface area contributed by atoms with Crippen LogP contribution in [0.25, 0.3) is 0 Å². The molecule has 0 bridgehead atoms. The van der Waals surface area contributed by atoms with Crippen LogP contribution in [0.3, 0.4) is 0 Å². The molecule has 1 amide bonds. The van der Waals surface area contributed by atoms with Gasteiger partial charge in [-0.1, -0.05) is 24.0 Å². The Morgan fingerprint density at radius 1 is 1.37 bits per heavy atom. The third-order valence-corrected chi connectivity index (χ3v) is 4.03. The van der Waals surface area contributed by atoms with Gasteiger partial charge in [-0.25, -0.2) is 0 Å². The van der Waals surface area contributed by atoms with Crippen LogP contribution in [0.4, 0.5) is 11.4 Å². The molecule has 0 unspecified atom stereocenters. The minimum atomic E-state index is -0.0600. The standard InChI is InChI=1S/C12H15N3OS2.ClH/c1-9(16)14-11-4-2-10(3-5-11)13-8-15-6-7-18-12(15)17;/h2-5,13H,6-8H2,1H3,(H,14,16);1H. The molecule has 7 heteroatoms. The maximum absolute atomic E-state index is 10.9. The Morgan fingerprint density at radius 3 is 2.53 bits per heavy atom. The van der Waals surface area contributed by atoms with Gasteiger partial charge in [-0.15, -0.1) is 12.4 Å². The topological polar surface area (TPSA) is 44.4 Å². The zero-order valence-corrected chi connectivity index (χ0v) is 13.0. The minimum absolute atomic E-state index is 0. The predicted molar refractivity (Wildman–Crippen MR) is 88.2 cm³/mol. The molecular weight excluding hydrogens is 302 g/mol. The lowest BCUT2D eigenvalue weighted by Crippen LogP contribution is -2.28. The van der Waals surface area contributed by atoms with Gasteiger partial charge in [-0.2, -0.15) is 0 Å². The van der Waals surface area contributed by atoms with E-state index in [9.17, 15) is 4.79 Å². The van der Waals surface area contributed by atoms with Gasteiger partial charge < -0.3 is 15.5 Å². The van der Waals surface area contributed by atoms with Crippen molar-refractivity contribution in [3.8, 4) is 0 Å². The molecule has 0 aliphatic carbocycles. The maximum Gasteiger partial charge on any atom is 0.221 e. The first-order chi connectivity index (χ1) is 8.65. The number of amides is 1. The van der Waals surface area contributed by atoms with Gasteiger partial charge in [-0.3, -0.25) is 4.79 Å². The Hall–Kier alpha value is -0.980. The van der Waals surface area contributed by atoms with Crippen molar-refractivity contribution in [1.82, 2.24) is 4.90 Å². The second-order valence-corrected chi connectivity index (χ2v) is 5.70. The molecule has 1 aliphatic rings. The number of nitrogens with one attached hydrogen (secondary N) is 2. The van der Waals surface area contributed by atoms with E-state index >= 15 is 0 Å². The summed E-state index contributed by atoms with van der Waals surface area (Å²) >= 11 is 6.95. The van der Waals surface area contributed by atoms with Crippen molar-refractivity contribution in [3.63, 3.8) is 0 Å². The Labute approximate surface area is 128 Å². The molecule has 0 aromatic heterocycles. The number of rotatable bonds is 4. The SMILES string of the molecule is CC(=O)Nc1ccc(NCN2CCSC2=S)cc1.Cl. The highest BCUT2D eigenvalue weighted by Gasteiger charge is 2.16. The van der Waals surface area contributed by atoms with Gasteiger partial charge in [0.15, 0.2) is 0 Å². The number of hydrogen-bond donors (Lipinski definition) is 2. The van der Waals surface area contributed by atoms with Crippen LogP contribution in [0.1, 0.15) is 6.92 Å². The molecule has 1 fully saturated rings. The summed E-state index contributed by atoms with van der Waals surface area (Å²) in [5.74, 6) is 1.01. The summed E-state index contributed by atoms with van der Waals surface area (Å²) in [7, 11) is 0. The Bertz CT molecular complexity index is 453. The van der Waals surface area contributed by atoms with Gasteiger partial charge in [0.05, 0.1) is 6.67 Å². The quantitative estimate of drug-likeness (QED) is 0.836. The molecule has 1 saturated heterocycles. The summed E-state index contributed by atoms with van der Waals surface area (Å²) in [5.41, 5.74) is 1.82. The molecule has 4 nitrogen and oxygen atoms in total. The average Bonchev–Trinajstić information content (AvgIpc) is 2.73. The van der Waals surface area contributed by atoms with Crippen molar-refractivity contribution < 1.29 is 4.79 Å². The summed E-state index contributed by atoms with van der Waals surface area (Å²) < 4.78 is 0.956. The maximum atomic E-state index is 10.9. The number of anilines is 2. The lowest BCUT2D eigenvalue weighted by Gasteiger charge is -2.18. The van der Waals surface area contributed by atoms with Crippen molar-refractivity contribution >= 4 is 58.0 Å². The summed E-state index contributed by atoms with van der Waals surface area (Å²) in [5, 5.41) is 6.04. The van der Waals surface area contributed by atoms with Crippen molar-refractivity contribution in [2.75, 3.05) is 29.6 Å². The summed E-state index contributed by atoms with van der Waals surface area (Å²) in [4.78, 5) is 13.0.